The van der Waals surface area contributed by atoms with E-state index in [0.29, 0.717) is 12.4 Å². The van der Waals surface area contributed by atoms with E-state index >= 15 is 0 Å². The molecule has 1 spiro atoms. The largest absolute Gasteiger partial charge is 0.456 e. The summed E-state index contributed by atoms with van der Waals surface area (Å²) in [5, 5.41) is 0. The average Bonchev–Trinajstić information content (AvgIpc) is 3.18. The van der Waals surface area contributed by atoms with Crippen LogP contribution in [0.15, 0.2) is 41.1 Å². The molecule has 0 aromatic carbocycles. The van der Waals surface area contributed by atoms with Crippen molar-refractivity contribution in [2.24, 2.45) is 0 Å². The molecule has 126 valence electrons. The van der Waals surface area contributed by atoms with Crippen molar-refractivity contribution < 1.29 is 13.9 Å². The van der Waals surface area contributed by atoms with Crippen molar-refractivity contribution in [2.45, 2.75) is 30.8 Å². The Labute approximate surface area is 145 Å². The third-order valence-electron chi connectivity index (χ3n) is 4.58. The Bertz CT molecular complexity index is 725. The molecule has 0 radical (unpaired) electrons. The Morgan fingerprint density at radius 2 is 2.33 bits per heavy atom. The summed E-state index contributed by atoms with van der Waals surface area (Å²) in [6.07, 6.45) is 4.86. The molecule has 2 aromatic heterocycles. The molecule has 0 saturated carbocycles. The number of carbonyl (C=O) groups is 1. The standard InChI is InChI=1S/C18H20N2O3S/c1-13-4-5-16(23-13)17(21)20-11-18(12-20)7-15(10-24-18)22-9-14-3-2-6-19-8-14/h2-6,8,15H,7,9-12H2,1H3. The zero-order valence-electron chi connectivity index (χ0n) is 13.6. The van der Waals surface area contributed by atoms with Gasteiger partial charge in [-0.25, -0.2) is 0 Å². The van der Waals surface area contributed by atoms with Crippen LogP contribution in [0.5, 0.6) is 0 Å². The Kier molecular flexibility index (Phi) is 4.10. The van der Waals surface area contributed by atoms with Crippen LogP contribution in [-0.2, 0) is 11.3 Å². The van der Waals surface area contributed by atoms with Crippen LogP contribution in [0.25, 0.3) is 0 Å². The number of hydrogen-bond donors (Lipinski definition) is 0. The molecule has 24 heavy (non-hydrogen) atoms. The lowest BCUT2D eigenvalue weighted by molar-refractivity contribution is 0.0242. The molecule has 1 unspecified atom stereocenters. The first-order chi connectivity index (χ1) is 11.6. The van der Waals surface area contributed by atoms with Gasteiger partial charge in [-0.05, 0) is 37.1 Å². The third kappa shape index (κ3) is 3.08. The van der Waals surface area contributed by atoms with Gasteiger partial charge >= 0.3 is 0 Å². The van der Waals surface area contributed by atoms with E-state index in [4.69, 9.17) is 9.15 Å². The summed E-state index contributed by atoms with van der Waals surface area (Å²) >= 11 is 1.93. The van der Waals surface area contributed by atoms with Gasteiger partial charge < -0.3 is 14.1 Å². The molecule has 1 amide bonds. The van der Waals surface area contributed by atoms with Crippen LogP contribution in [0, 0.1) is 6.92 Å². The Morgan fingerprint density at radius 3 is 3.04 bits per heavy atom. The lowest BCUT2D eigenvalue weighted by Crippen LogP contribution is -2.60. The number of ether oxygens (including phenoxy) is 1. The lowest BCUT2D eigenvalue weighted by atomic mass is 9.92. The predicted octanol–water partition coefficient (Wildman–Crippen LogP) is 2.90. The fourth-order valence-electron chi connectivity index (χ4n) is 3.33. The Balaban J connectivity index is 1.28. The van der Waals surface area contributed by atoms with Crippen LogP contribution in [0.1, 0.15) is 28.3 Å². The molecule has 0 aliphatic carbocycles. The number of pyridine rings is 1. The highest BCUT2D eigenvalue weighted by atomic mass is 32.2. The second-order valence-electron chi connectivity index (χ2n) is 6.56. The van der Waals surface area contributed by atoms with Gasteiger partial charge in [-0.2, -0.15) is 0 Å². The molecule has 0 bridgehead atoms. The number of furan rings is 1. The minimum Gasteiger partial charge on any atom is -0.456 e. The van der Waals surface area contributed by atoms with E-state index in [1.165, 1.54) is 0 Å². The number of likely N-dealkylation sites (tertiary alicyclic amines) is 1. The third-order valence-corrected chi connectivity index (χ3v) is 6.16. The number of thioether (sulfide) groups is 1. The van der Waals surface area contributed by atoms with Gasteiger partial charge in [0.2, 0.25) is 0 Å². The molecule has 2 aliphatic heterocycles. The highest BCUT2D eigenvalue weighted by molar-refractivity contribution is 8.01. The van der Waals surface area contributed by atoms with Crippen LogP contribution < -0.4 is 0 Å². The summed E-state index contributed by atoms with van der Waals surface area (Å²) in [5.74, 6) is 2.19. The molecule has 2 saturated heterocycles. The van der Waals surface area contributed by atoms with E-state index in [1.54, 1.807) is 12.3 Å². The second-order valence-corrected chi connectivity index (χ2v) is 8.05. The van der Waals surface area contributed by atoms with E-state index in [2.05, 4.69) is 4.98 Å². The zero-order valence-corrected chi connectivity index (χ0v) is 14.4. The smallest absolute Gasteiger partial charge is 0.289 e. The first kappa shape index (κ1) is 15.7. The van der Waals surface area contributed by atoms with Gasteiger partial charge in [-0.15, -0.1) is 11.8 Å². The van der Waals surface area contributed by atoms with Gasteiger partial charge in [0, 0.05) is 31.2 Å². The van der Waals surface area contributed by atoms with Crippen LogP contribution in [0.3, 0.4) is 0 Å². The SMILES string of the molecule is Cc1ccc(C(=O)N2CC3(CC(OCc4cccnc4)CS3)C2)o1. The number of carbonyl (C=O) groups excluding carboxylic acids is 1. The summed E-state index contributed by atoms with van der Waals surface area (Å²) in [7, 11) is 0. The minimum atomic E-state index is -0.00551. The maximum atomic E-state index is 12.4. The van der Waals surface area contributed by atoms with E-state index in [0.717, 1.165) is 36.6 Å². The van der Waals surface area contributed by atoms with E-state index in [9.17, 15) is 4.79 Å². The predicted molar refractivity (Wildman–Crippen MR) is 92.0 cm³/mol. The number of aryl methyl sites for hydroxylation is 1. The monoisotopic (exact) mass is 344 g/mol. The number of rotatable bonds is 4. The van der Waals surface area contributed by atoms with Gasteiger partial charge in [-0.1, -0.05) is 6.07 Å². The molecule has 1 atom stereocenters. The van der Waals surface area contributed by atoms with Gasteiger partial charge in [0.15, 0.2) is 5.76 Å². The quantitative estimate of drug-likeness (QED) is 0.854. The number of aromatic nitrogens is 1. The molecule has 6 heteroatoms. The topological polar surface area (TPSA) is 55.6 Å². The van der Waals surface area contributed by atoms with Crippen molar-refractivity contribution in [2.75, 3.05) is 18.8 Å². The van der Waals surface area contributed by atoms with Gasteiger partial charge in [0.25, 0.3) is 5.91 Å². The molecule has 4 heterocycles. The van der Waals surface area contributed by atoms with E-state index in [-0.39, 0.29) is 16.8 Å². The number of nitrogens with zero attached hydrogens (tertiary/aromatic N) is 2. The molecule has 2 fully saturated rings. The van der Waals surface area contributed by atoms with Crippen molar-refractivity contribution in [3.05, 3.63) is 53.7 Å². The van der Waals surface area contributed by atoms with Crippen LogP contribution >= 0.6 is 11.8 Å². The first-order valence-corrected chi connectivity index (χ1v) is 9.12. The van der Waals surface area contributed by atoms with Gasteiger partial charge in [0.05, 0.1) is 17.5 Å². The molecule has 2 aliphatic rings. The molecule has 2 aromatic rings. The summed E-state index contributed by atoms with van der Waals surface area (Å²) in [4.78, 5) is 18.3. The van der Waals surface area contributed by atoms with E-state index < -0.39 is 0 Å². The van der Waals surface area contributed by atoms with Crippen molar-refractivity contribution in [1.82, 2.24) is 9.88 Å². The highest BCUT2D eigenvalue weighted by Crippen LogP contribution is 2.46. The summed E-state index contributed by atoms with van der Waals surface area (Å²) in [5.41, 5.74) is 1.10. The molecular weight excluding hydrogens is 324 g/mol. The minimum absolute atomic E-state index is 0.00551. The van der Waals surface area contributed by atoms with E-state index in [1.807, 2.05) is 48.0 Å². The number of hydrogen-bond acceptors (Lipinski definition) is 5. The molecule has 0 N–H and O–H groups in total. The molecule has 5 nitrogen and oxygen atoms in total. The zero-order chi connectivity index (χ0) is 16.6. The summed E-state index contributed by atoms with van der Waals surface area (Å²) < 4.78 is 11.6. The first-order valence-electron chi connectivity index (χ1n) is 8.14. The average molecular weight is 344 g/mol. The van der Waals surface area contributed by atoms with Crippen LogP contribution in [0.2, 0.25) is 0 Å². The maximum Gasteiger partial charge on any atom is 0.289 e. The van der Waals surface area contributed by atoms with Crippen molar-refractivity contribution >= 4 is 17.7 Å². The second kappa shape index (κ2) is 6.26. The Hall–Kier alpha value is -1.79. The van der Waals surface area contributed by atoms with Gasteiger partial charge in [-0.3, -0.25) is 9.78 Å². The van der Waals surface area contributed by atoms with Crippen molar-refractivity contribution in [3.8, 4) is 0 Å². The fraction of sp³-hybridized carbons (Fsp3) is 0.444. The van der Waals surface area contributed by atoms with Crippen LogP contribution in [-0.4, -0.2) is 45.5 Å². The normalized spacial score (nSPS) is 21.9. The molecular formula is C18H20N2O3S. The van der Waals surface area contributed by atoms with Crippen molar-refractivity contribution in [1.29, 1.82) is 0 Å². The lowest BCUT2D eigenvalue weighted by Gasteiger charge is -2.47. The molecule has 4 rings (SSSR count). The van der Waals surface area contributed by atoms with Gasteiger partial charge in [0.1, 0.15) is 5.76 Å². The number of amides is 1. The fourth-order valence-corrected chi connectivity index (χ4v) is 4.88. The van der Waals surface area contributed by atoms with Crippen LogP contribution in [0.4, 0.5) is 0 Å². The van der Waals surface area contributed by atoms with Crippen molar-refractivity contribution in [3.63, 3.8) is 0 Å². The Morgan fingerprint density at radius 1 is 1.46 bits per heavy atom. The maximum absolute atomic E-state index is 12.4. The summed E-state index contributed by atoms with van der Waals surface area (Å²) in [6, 6.07) is 7.54. The summed E-state index contributed by atoms with van der Waals surface area (Å²) in [6.45, 7) is 4.01. The highest BCUT2D eigenvalue weighted by Gasteiger charge is 2.51.